The molecule has 1 aromatic carbocycles. The van der Waals surface area contributed by atoms with E-state index >= 15 is 0 Å². The first-order valence-electron chi connectivity index (χ1n) is 10.9. The Morgan fingerprint density at radius 1 is 0.963 bits per heavy atom. The molecule has 27 heavy (non-hydrogen) atoms. The fraction of sp³-hybridized carbons (Fsp3) is 0.696. The van der Waals surface area contributed by atoms with E-state index in [0.717, 1.165) is 16.2 Å². The third-order valence-corrected chi connectivity index (χ3v) is 7.58. The molecule has 0 amide bonds. The Morgan fingerprint density at radius 3 is 2.15 bits per heavy atom. The summed E-state index contributed by atoms with van der Waals surface area (Å²) in [5.41, 5.74) is 4.28. The van der Waals surface area contributed by atoms with Crippen LogP contribution < -0.4 is 5.14 Å². The lowest BCUT2D eigenvalue weighted by Gasteiger charge is -2.21. The first-order valence-corrected chi connectivity index (χ1v) is 12.6. The van der Waals surface area contributed by atoms with Gasteiger partial charge in [0.2, 0.25) is 0 Å². The number of nitrogens with two attached hydrogens (primary N) is 1. The van der Waals surface area contributed by atoms with Crippen LogP contribution in [0.3, 0.4) is 0 Å². The zero-order valence-corrected chi connectivity index (χ0v) is 19.4. The predicted molar refractivity (Wildman–Crippen MR) is 124 cm³/mol. The Kier molecular flexibility index (Phi) is 10.2. The van der Waals surface area contributed by atoms with Crippen LogP contribution in [0.5, 0.6) is 0 Å². The van der Waals surface area contributed by atoms with Crippen LogP contribution in [-0.2, 0) is 12.8 Å². The van der Waals surface area contributed by atoms with Gasteiger partial charge in [-0.15, -0.1) is 11.3 Å². The summed E-state index contributed by atoms with van der Waals surface area (Å²) in [4.78, 5) is 4.91. The largest absolute Gasteiger partial charge is 0.272 e. The maximum Gasteiger partial charge on any atom is 0.165 e. The highest BCUT2D eigenvalue weighted by Gasteiger charge is 2.18. The number of hydrogen-bond acceptors (Lipinski definition) is 4. The molecule has 4 heteroatoms. The smallest absolute Gasteiger partial charge is 0.165 e. The molecule has 0 saturated heterocycles. The second kappa shape index (κ2) is 12.1. The highest BCUT2D eigenvalue weighted by atomic mass is 32.2. The van der Waals surface area contributed by atoms with E-state index in [1.807, 2.05) is 0 Å². The Hall–Kier alpha value is -0.580. The van der Waals surface area contributed by atoms with Gasteiger partial charge in [-0.1, -0.05) is 85.1 Å². The molecule has 0 radical (unpaired) electrons. The molecule has 2 rings (SSSR count). The minimum atomic E-state index is 0.765. The molecule has 2 aromatic rings. The SMILES string of the molecule is CCCCC(CC)Cc1ccc2sc(SN)nc2c1CC(CC)CCCC. The topological polar surface area (TPSA) is 38.9 Å². The van der Waals surface area contributed by atoms with Crippen LogP contribution in [0.2, 0.25) is 0 Å². The van der Waals surface area contributed by atoms with Crippen molar-refractivity contribution in [3.05, 3.63) is 23.3 Å². The lowest BCUT2D eigenvalue weighted by molar-refractivity contribution is 0.435. The van der Waals surface area contributed by atoms with E-state index in [9.17, 15) is 0 Å². The fourth-order valence-corrected chi connectivity index (χ4v) is 5.36. The molecule has 2 nitrogen and oxygen atoms in total. The number of unbranched alkanes of at least 4 members (excludes halogenated alkanes) is 2. The van der Waals surface area contributed by atoms with Crippen LogP contribution in [-0.4, -0.2) is 4.98 Å². The summed E-state index contributed by atoms with van der Waals surface area (Å²) in [7, 11) is 0. The summed E-state index contributed by atoms with van der Waals surface area (Å²) in [6.45, 7) is 9.29. The van der Waals surface area contributed by atoms with E-state index in [1.54, 1.807) is 16.9 Å². The molecular formula is C23H38N2S2. The molecule has 0 aliphatic rings. The molecule has 1 aromatic heterocycles. The van der Waals surface area contributed by atoms with Crippen molar-refractivity contribution in [3.8, 4) is 0 Å². The molecule has 2 N–H and O–H groups in total. The van der Waals surface area contributed by atoms with Gasteiger partial charge in [0.15, 0.2) is 4.34 Å². The molecule has 0 spiro atoms. The van der Waals surface area contributed by atoms with Crippen molar-refractivity contribution < 1.29 is 0 Å². The standard InChI is InChI=1S/C23H38N2S2/c1-5-9-11-17(7-3)15-19-13-14-21-22(25-23(26-21)27-24)20(19)16-18(8-4)12-10-6-2/h13-14,17-18H,5-12,15-16,24H2,1-4H3. The highest BCUT2D eigenvalue weighted by Crippen LogP contribution is 2.34. The van der Waals surface area contributed by atoms with Crippen LogP contribution >= 0.6 is 23.3 Å². The van der Waals surface area contributed by atoms with E-state index in [-0.39, 0.29) is 0 Å². The summed E-state index contributed by atoms with van der Waals surface area (Å²) in [5.74, 6) is 1.56. The van der Waals surface area contributed by atoms with Crippen LogP contribution in [0, 0.1) is 11.8 Å². The monoisotopic (exact) mass is 406 g/mol. The molecule has 0 aliphatic carbocycles. The van der Waals surface area contributed by atoms with Crippen molar-refractivity contribution in [2.24, 2.45) is 17.0 Å². The molecular weight excluding hydrogens is 368 g/mol. The van der Waals surface area contributed by atoms with Crippen LogP contribution in [0.25, 0.3) is 10.2 Å². The molecule has 2 atom stereocenters. The maximum absolute atomic E-state index is 5.82. The summed E-state index contributed by atoms with van der Waals surface area (Å²) >= 11 is 3.02. The molecule has 0 saturated carbocycles. The van der Waals surface area contributed by atoms with Crippen molar-refractivity contribution in [2.45, 2.75) is 96.2 Å². The number of benzene rings is 1. The quantitative estimate of drug-likeness (QED) is 0.345. The zero-order chi connectivity index (χ0) is 19.6. The van der Waals surface area contributed by atoms with Gasteiger partial charge >= 0.3 is 0 Å². The summed E-state index contributed by atoms with van der Waals surface area (Å²) in [6, 6.07) is 4.67. The van der Waals surface area contributed by atoms with Gasteiger partial charge in [-0.25, -0.2) is 4.98 Å². The van der Waals surface area contributed by atoms with Crippen LogP contribution in [0.4, 0.5) is 0 Å². The average molecular weight is 407 g/mol. The minimum absolute atomic E-state index is 0.765. The van der Waals surface area contributed by atoms with Gasteiger partial charge in [0, 0.05) is 0 Å². The van der Waals surface area contributed by atoms with Crippen molar-refractivity contribution in [3.63, 3.8) is 0 Å². The van der Waals surface area contributed by atoms with Crippen molar-refractivity contribution in [1.29, 1.82) is 0 Å². The second-order valence-corrected chi connectivity index (χ2v) is 9.80. The van der Waals surface area contributed by atoms with Crippen molar-refractivity contribution in [1.82, 2.24) is 4.98 Å². The number of fused-ring (bicyclic) bond motifs is 1. The Balaban J connectivity index is 2.35. The number of nitrogens with zero attached hydrogens (tertiary/aromatic N) is 1. The normalized spacial score (nSPS) is 14.0. The average Bonchev–Trinajstić information content (AvgIpc) is 3.12. The van der Waals surface area contributed by atoms with E-state index in [2.05, 4.69) is 39.8 Å². The third kappa shape index (κ3) is 6.47. The fourth-order valence-electron chi connectivity index (χ4n) is 4.03. The van der Waals surface area contributed by atoms with Gasteiger partial charge in [0.25, 0.3) is 0 Å². The molecule has 152 valence electrons. The van der Waals surface area contributed by atoms with Gasteiger partial charge in [-0.2, -0.15) is 0 Å². The Morgan fingerprint density at radius 2 is 1.59 bits per heavy atom. The Labute approximate surface area is 174 Å². The van der Waals surface area contributed by atoms with Crippen molar-refractivity contribution in [2.75, 3.05) is 0 Å². The summed E-state index contributed by atoms with van der Waals surface area (Å²) < 4.78 is 2.29. The first-order chi connectivity index (χ1) is 13.2. The van der Waals surface area contributed by atoms with Gasteiger partial charge in [0.1, 0.15) is 0 Å². The predicted octanol–water partition coefficient (Wildman–Crippen LogP) is 7.78. The molecule has 0 aliphatic heterocycles. The summed E-state index contributed by atoms with van der Waals surface area (Å²) in [5, 5.41) is 5.82. The second-order valence-electron chi connectivity index (χ2n) is 7.89. The molecule has 1 heterocycles. The number of hydrogen-bond donors (Lipinski definition) is 1. The van der Waals surface area contributed by atoms with Crippen molar-refractivity contribution >= 4 is 33.5 Å². The number of aromatic nitrogens is 1. The summed E-state index contributed by atoms with van der Waals surface area (Å²) in [6.07, 6.45) is 12.8. The van der Waals surface area contributed by atoms with Gasteiger partial charge in [-0.05, 0) is 53.8 Å². The van der Waals surface area contributed by atoms with Gasteiger partial charge < -0.3 is 0 Å². The molecule has 2 unspecified atom stereocenters. The zero-order valence-electron chi connectivity index (χ0n) is 17.7. The van der Waals surface area contributed by atoms with Crippen LogP contribution in [0.1, 0.15) is 90.2 Å². The lowest BCUT2D eigenvalue weighted by Crippen LogP contribution is -2.10. The van der Waals surface area contributed by atoms with Gasteiger partial charge in [0.05, 0.1) is 10.2 Å². The van der Waals surface area contributed by atoms with E-state index in [4.69, 9.17) is 10.1 Å². The molecule has 0 fully saturated rings. The minimum Gasteiger partial charge on any atom is -0.272 e. The third-order valence-electron chi connectivity index (χ3n) is 5.93. The van der Waals surface area contributed by atoms with E-state index in [1.165, 1.54) is 91.9 Å². The number of rotatable bonds is 13. The lowest BCUT2D eigenvalue weighted by atomic mass is 9.85. The van der Waals surface area contributed by atoms with Crippen LogP contribution in [0.15, 0.2) is 16.5 Å². The highest BCUT2D eigenvalue weighted by molar-refractivity contribution is 7.99. The van der Waals surface area contributed by atoms with E-state index in [0.29, 0.717) is 0 Å². The Bertz CT molecular complexity index is 680. The maximum atomic E-state index is 5.82. The van der Waals surface area contributed by atoms with E-state index < -0.39 is 0 Å². The molecule has 0 bridgehead atoms. The van der Waals surface area contributed by atoms with Gasteiger partial charge in [-0.3, -0.25) is 5.14 Å². The number of thiazole rings is 1. The first kappa shape index (κ1) is 22.7.